The topological polar surface area (TPSA) is 113 Å². The zero-order chi connectivity index (χ0) is 25.2. The van der Waals surface area contributed by atoms with Crippen molar-refractivity contribution in [1.82, 2.24) is 10.2 Å². The number of nitrogens with one attached hydrogen (secondary N) is 1. The highest BCUT2D eigenvalue weighted by molar-refractivity contribution is 5.83. The monoisotopic (exact) mass is 475 g/mol. The number of non-ortho nitro benzene ring substituents is 1. The van der Waals surface area contributed by atoms with Crippen LogP contribution in [-0.2, 0) is 16.1 Å². The van der Waals surface area contributed by atoms with E-state index in [1.54, 1.807) is 18.2 Å². The fourth-order valence-corrected chi connectivity index (χ4v) is 3.85. The third-order valence-electron chi connectivity index (χ3n) is 5.80. The Bertz CT molecular complexity index is 751. The molecule has 0 saturated heterocycles. The van der Waals surface area contributed by atoms with Crippen LogP contribution in [0.2, 0.25) is 0 Å². The van der Waals surface area contributed by atoms with E-state index < -0.39 is 16.9 Å². The number of hydrogen-bond acceptors (Lipinski definition) is 5. The van der Waals surface area contributed by atoms with E-state index in [0.29, 0.717) is 32.4 Å². The van der Waals surface area contributed by atoms with Gasteiger partial charge in [0, 0.05) is 31.6 Å². The predicted molar refractivity (Wildman–Crippen MR) is 135 cm³/mol. The van der Waals surface area contributed by atoms with E-state index >= 15 is 0 Å². The minimum atomic E-state index is -0.998. The van der Waals surface area contributed by atoms with Crippen LogP contribution in [0.4, 0.5) is 5.69 Å². The molecule has 2 N–H and O–H groups in total. The number of nitrogens with zero attached hydrogens (tertiary/aromatic N) is 2. The van der Waals surface area contributed by atoms with Gasteiger partial charge in [0.05, 0.1) is 4.92 Å². The molecular weight excluding hydrogens is 434 g/mol. The molecule has 0 bridgehead atoms. The summed E-state index contributed by atoms with van der Waals surface area (Å²) in [7, 11) is 0. The Hall–Kier alpha value is -2.74. The van der Waals surface area contributed by atoms with Gasteiger partial charge < -0.3 is 10.4 Å². The summed E-state index contributed by atoms with van der Waals surface area (Å²) >= 11 is 0. The number of hydrogen-bond donors (Lipinski definition) is 2. The highest BCUT2D eigenvalue weighted by Crippen LogP contribution is 2.14. The average molecular weight is 476 g/mol. The van der Waals surface area contributed by atoms with Crippen LogP contribution in [-0.4, -0.2) is 45.9 Å². The SMILES string of the molecule is C=CCN(CCCCC(NC(=O)CCCCCCCCC)C(=O)O)Cc1ccc([N+](=O)[O-])cc1. The van der Waals surface area contributed by atoms with E-state index in [-0.39, 0.29) is 11.6 Å². The average Bonchev–Trinajstić information content (AvgIpc) is 2.80. The van der Waals surface area contributed by atoms with Crippen molar-refractivity contribution >= 4 is 17.6 Å². The molecule has 1 aromatic rings. The van der Waals surface area contributed by atoms with Gasteiger partial charge in [-0.05, 0) is 37.8 Å². The second-order valence-electron chi connectivity index (χ2n) is 8.77. The van der Waals surface area contributed by atoms with Crippen molar-refractivity contribution in [3.63, 3.8) is 0 Å². The molecule has 0 aromatic heterocycles. The first-order chi connectivity index (χ1) is 16.4. The summed E-state index contributed by atoms with van der Waals surface area (Å²) in [4.78, 5) is 36.3. The van der Waals surface area contributed by atoms with Gasteiger partial charge in [0.2, 0.25) is 5.91 Å². The van der Waals surface area contributed by atoms with Gasteiger partial charge in [-0.25, -0.2) is 4.79 Å². The van der Waals surface area contributed by atoms with Gasteiger partial charge in [0.1, 0.15) is 6.04 Å². The normalized spacial score (nSPS) is 11.8. The van der Waals surface area contributed by atoms with Gasteiger partial charge in [-0.15, -0.1) is 6.58 Å². The van der Waals surface area contributed by atoms with E-state index in [1.807, 2.05) is 0 Å². The smallest absolute Gasteiger partial charge is 0.326 e. The fourth-order valence-electron chi connectivity index (χ4n) is 3.85. The minimum Gasteiger partial charge on any atom is -0.480 e. The number of amides is 1. The van der Waals surface area contributed by atoms with Crippen LogP contribution in [0.15, 0.2) is 36.9 Å². The molecule has 1 aromatic carbocycles. The number of rotatable bonds is 20. The van der Waals surface area contributed by atoms with Gasteiger partial charge >= 0.3 is 5.97 Å². The first-order valence-electron chi connectivity index (χ1n) is 12.5. The van der Waals surface area contributed by atoms with Gasteiger partial charge in [-0.3, -0.25) is 19.8 Å². The molecule has 0 aliphatic heterocycles. The summed E-state index contributed by atoms with van der Waals surface area (Å²) in [6.45, 7) is 7.99. The van der Waals surface area contributed by atoms with Gasteiger partial charge in [-0.1, -0.05) is 63.7 Å². The number of nitro benzene ring substituents is 1. The van der Waals surface area contributed by atoms with Gasteiger partial charge in [-0.2, -0.15) is 0 Å². The van der Waals surface area contributed by atoms with Crippen molar-refractivity contribution in [3.8, 4) is 0 Å². The Morgan fingerprint density at radius 2 is 1.74 bits per heavy atom. The van der Waals surface area contributed by atoms with Gasteiger partial charge in [0.25, 0.3) is 5.69 Å². The standard InChI is InChI=1S/C26H41N3O5/c1-3-5-6-7-8-9-10-14-25(30)27-24(26(31)32)13-11-12-20-28(19-4-2)21-22-15-17-23(18-16-22)29(33)34/h4,15-18,24H,2-3,5-14,19-21H2,1H3,(H,27,30)(H,31,32). The Kier molecular flexibility index (Phi) is 15.2. The number of unbranched alkanes of at least 4 members (excludes halogenated alkanes) is 7. The van der Waals surface area contributed by atoms with Crippen LogP contribution in [0.1, 0.15) is 83.1 Å². The molecule has 1 amide bonds. The molecule has 190 valence electrons. The molecule has 0 aliphatic carbocycles. The molecule has 0 aliphatic rings. The van der Waals surface area contributed by atoms with Crippen LogP contribution in [0.3, 0.4) is 0 Å². The molecule has 0 saturated carbocycles. The Labute approximate surface area is 203 Å². The number of benzene rings is 1. The number of nitro groups is 1. The van der Waals surface area contributed by atoms with Crippen molar-refractivity contribution in [2.24, 2.45) is 0 Å². The summed E-state index contributed by atoms with van der Waals surface area (Å²) in [6, 6.07) is 5.62. The quantitative estimate of drug-likeness (QED) is 0.112. The minimum absolute atomic E-state index is 0.0627. The van der Waals surface area contributed by atoms with E-state index in [0.717, 1.165) is 37.8 Å². The fraction of sp³-hybridized carbons (Fsp3) is 0.615. The molecule has 0 heterocycles. The molecular formula is C26H41N3O5. The zero-order valence-electron chi connectivity index (χ0n) is 20.5. The number of carboxylic acids is 1. The third kappa shape index (κ3) is 13.1. The lowest BCUT2D eigenvalue weighted by atomic mass is 10.1. The lowest BCUT2D eigenvalue weighted by Gasteiger charge is -2.21. The molecule has 0 fully saturated rings. The van der Waals surface area contributed by atoms with Crippen molar-refractivity contribution in [3.05, 3.63) is 52.6 Å². The Morgan fingerprint density at radius 1 is 1.09 bits per heavy atom. The second-order valence-corrected chi connectivity index (χ2v) is 8.77. The maximum absolute atomic E-state index is 12.2. The first-order valence-corrected chi connectivity index (χ1v) is 12.5. The highest BCUT2D eigenvalue weighted by Gasteiger charge is 2.19. The van der Waals surface area contributed by atoms with E-state index in [4.69, 9.17) is 0 Å². The largest absolute Gasteiger partial charge is 0.480 e. The molecule has 1 atom stereocenters. The van der Waals surface area contributed by atoms with Crippen LogP contribution in [0.25, 0.3) is 0 Å². The number of aliphatic carboxylic acids is 1. The van der Waals surface area contributed by atoms with Crippen LogP contribution in [0.5, 0.6) is 0 Å². The molecule has 0 spiro atoms. The number of carbonyl (C=O) groups is 2. The first kappa shape index (κ1) is 29.3. The Balaban J connectivity index is 2.35. The highest BCUT2D eigenvalue weighted by atomic mass is 16.6. The molecule has 8 heteroatoms. The molecule has 1 unspecified atom stereocenters. The van der Waals surface area contributed by atoms with Crippen molar-refractivity contribution < 1.29 is 19.6 Å². The lowest BCUT2D eigenvalue weighted by Crippen LogP contribution is -2.40. The molecule has 0 radical (unpaired) electrons. The Morgan fingerprint density at radius 3 is 2.32 bits per heavy atom. The molecule has 8 nitrogen and oxygen atoms in total. The lowest BCUT2D eigenvalue weighted by molar-refractivity contribution is -0.384. The van der Waals surface area contributed by atoms with E-state index in [9.17, 15) is 24.8 Å². The summed E-state index contributed by atoms with van der Waals surface area (Å²) in [6.07, 6.45) is 11.8. The summed E-state index contributed by atoms with van der Waals surface area (Å²) in [5, 5.41) is 23.0. The van der Waals surface area contributed by atoms with Crippen LogP contribution < -0.4 is 5.32 Å². The van der Waals surface area contributed by atoms with Gasteiger partial charge in [0.15, 0.2) is 0 Å². The summed E-state index contributed by atoms with van der Waals surface area (Å²) in [5.74, 6) is -1.19. The predicted octanol–water partition coefficient (Wildman–Crippen LogP) is 5.46. The second kappa shape index (κ2) is 17.7. The van der Waals surface area contributed by atoms with Crippen LogP contribution >= 0.6 is 0 Å². The number of carboxylic acid groups (broad SMARTS) is 1. The zero-order valence-corrected chi connectivity index (χ0v) is 20.5. The van der Waals surface area contributed by atoms with E-state index in [1.165, 1.54) is 37.8 Å². The molecule has 1 rings (SSSR count). The third-order valence-corrected chi connectivity index (χ3v) is 5.80. The summed E-state index contributed by atoms with van der Waals surface area (Å²) in [5.41, 5.74) is 1.03. The van der Waals surface area contributed by atoms with Crippen molar-refractivity contribution in [2.45, 2.75) is 90.1 Å². The maximum Gasteiger partial charge on any atom is 0.326 e. The van der Waals surface area contributed by atoms with E-state index in [2.05, 4.69) is 23.7 Å². The van der Waals surface area contributed by atoms with Crippen LogP contribution in [0, 0.1) is 10.1 Å². The summed E-state index contributed by atoms with van der Waals surface area (Å²) < 4.78 is 0. The van der Waals surface area contributed by atoms with Crippen molar-refractivity contribution in [2.75, 3.05) is 13.1 Å². The maximum atomic E-state index is 12.2. The molecule has 34 heavy (non-hydrogen) atoms. The number of carbonyl (C=O) groups excluding carboxylic acids is 1. The van der Waals surface area contributed by atoms with Crippen molar-refractivity contribution in [1.29, 1.82) is 0 Å².